The van der Waals surface area contributed by atoms with Crippen LogP contribution in [0.3, 0.4) is 0 Å². The molecule has 3 nitrogen and oxygen atoms in total. The highest BCUT2D eigenvalue weighted by Crippen LogP contribution is 2.25. The maximum atomic E-state index is 12.3. The fourth-order valence-corrected chi connectivity index (χ4v) is 1.75. The SMILES string of the molecule is CC(C)CCCCCCNCC(C(=O)O)C(F)(F)F. The topological polar surface area (TPSA) is 49.3 Å². The van der Waals surface area contributed by atoms with E-state index in [1.807, 2.05) is 0 Å². The Morgan fingerprint density at radius 2 is 1.74 bits per heavy atom. The average Bonchev–Trinajstić information content (AvgIpc) is 2.24. The summed E-state index contributed by atoms with van der Waals surface area (Å²) in [7, 11) is 0. The predicted octanol–water partition coefficient (Wildman–Crippen LogP) is 3.45. The summed E-state index contributed by atoms with van der Waals surface area (Å²) in [6, 6.07) is 0. The standard InChI is InChI=1S/C13H24F3NO2/c1-10(2)7-5-3-4-6-8-17-9-11(12(18)19)13(14,15)16/h10-11,17H,3-9H2,1-2H3,(H,18,19). The van der Waals surface area contributed by atoms with E-state index in [1.54, 1.807) is 0 Å². The van der Waals surface area contributed by atoms with Gasteiger partial charge in [-0.15, -0.1) is 0 Å². The molecule has 0 spiro atoms. The van der Waals surface area contributed by atoms with Gasteiger partial charge in [0.15, 0.2) is 5.92 Å². The van der Waals surface area contributed by atoms with Crippen LogP contribution in [0.2, 0.25) is 0 Å². The molecular weight excluding hydrogens is 259 g/mol. The van der Waals surface area contributed by atoms with Gasteiger partial charge in [-0.25, -0.2) is 0 Å². The van der Waals surface area contributed by atoms with Gasteiger partial charge in [-0.2, -0.15) is 13.2 Å². The van der Waals surface area contributed by atoms with E-state index in [0.717, 1.165) is 25.7 Å². The molecule has 114 valence electrons. The van der Waals surface area contributed by atoms with Gasteiger partial charge in [0.05, 0.1) is 0 Å². The van der Waals surface area contributed by atoms with E-state index >= 15 is 0 Å². The van der Waals surface area contributed by atoms with Gasteiger partial charge in [0, 0.05) is 6.54 Å². The van der Waals surface area contributed by atoms with Crippen molar-refractivity contribution in [2.45, 2.75) is 52.1 Å². The lowest BCUT2D eigenvalue weighted by atomic mass is 10.0. The minimum Gasteiger partial charge on any atom is -0.481 e. The Morgan fingerprint density at radius 1 is 1.16 bits per heavy atom. The van der Waals surface area contributed by atoms with Crippen molar-refractivity contribution in [3.63, 3.8) is 0 Å². The number of rotatable bonds is 10. The molecule has 1 atom stereocenters. The van der Waals surface area contributed by atoms with Crippen molar-refractivity contribution in [3.05, 3.63) is 0 Å². The lowest BCUT2D eigenvalue weighted by Crippen LogP contribution is -2.39. The van der Waals surface area contributed by atoms with Crippen molar-refractivity contribution in [1.82, 2.24) is 5.32 Å². The average molecular weight is 283 g/mol. The zero-order chi connectivity index (χ0) is 14.9. The lowest BCUT2D eigenvalue weighted by molar-refractivity contribution is -0.192. The zero-order valence-corrected chi connectivity index (χ0v) is 11.6. The van der Waals surface area contributed by atoms with Gasteiger partial charge in [0.2, 0.25) is 0 Å². The number of unbranched alkanes of at least 4 members (excludes halogenated alkanes) is 3. The summed E-state index contributed by atoms with van der Waals surface area (Å²) in [5, 5.41) is 11.0. The maximum absolute atomic E-state index is 12.3. The molecule has 1 unspecified atom stereocenters. The van der Waals surface area contributed by atoms with Crippen molar-refractivity contribution in [3.8, 4) is 0 Å². The highest BCUT2D eigenvalue weighted by atomic mass is 19.4. The Balaban J connectivity index is 3.60. The number of carboxylic acids is 1. The predicted molar refractivity (Wildman–Crippen MR) is 68.0 cm³/mol. The molecule has 0 aliphatic heterocycles. The van der Waals surface area contributed by atoms with Crippen LogP contribution in [0.4, 0.5) is 13.2 Å². The highest BCUT2D eigenvalue weighted by molar-refractivity contribution is 5.71. The Kier molecular flexibility index (Phi) is 8.80. The quantitative estimate of drug-likeness (QED) is 0.604. The molecule has 0 heterocycles. The van der Waals surface area contributed by atoms with Gasteiger partial charge >= 0.3 is 12.1 Å². The van der Waals surface area contributed by atoms with Crippen molar-refractivity contribution >= 4 is 5.97 Å². The molecule has 0 bridgehead atoms. The molecule has 19 heavy (non-hydrogen) atoms. The molecule has 6 heteroatoms. The van der Waals surface area contributed by atoms with Crippen molar-refractivity contribution in [2.24, 2.45) is 11.8 Å². The Hall–Kier alpha value is -0.780. The molecule has 0 aliphatic carbocycles. The van der Waals surface area contributed by atoms with Crippen molar-refractivity contribution < 1.29 is 23.1 Å². The fourth-order valence-electron chi connectivity index (χ4n) is 1.75. The first-order chi connectivity index (χ1) is 8.75. The third-order valence-electron chi connectivity index (χ3n) is 2.93. The second kappa shape index (κ2) is 9.18. The minimum atomic E-state index is -4.68. The molecule has 0 aromatic heterocycles. The van der Waals surface area contributed by atoms with E-state index in [1.165, 1.54) is 6.42 Å². The Labute approximate surface area is 112 Å². The van der Waals surface area contributed by atoms with Gasteiger partial charge in [-0.1, -0.05) is 39.5 Å². The number of halogens is 3. The van der Waals surface area contributed by atoms with Gasteiger partial charge in [-0.05, 0) is 18.9 Å². The van der Waals surface area contributed by atoms with Crippen LogP contribution in [-0.2, 0) is 4.79 Å². The van der Waals surface area contributed by atoms with E-state index in [9.17, 15) is 18.0 Å². The summed E-state index contributed by atoms with van der Waals surface area (Å²) in [4.78, 5) is 10.5. The second-order valence-corrected chi connectivity index (χ2v) is 5.23. The van der Waals surface area contributed by atoms with E-state index in [4.69, 9.17) is 5.11 Å². The summed E-state index contributed by atoms with van der Waals surface area (Å²) in [6.45, 7) is 4.20. The largest absolute Gasteiger partial charge is 0.481 e. The molecule has 0 amide bonds. The van der Waals surface area contributed by atoms with Crippen molar-refractivity contribution in [1.29, 1.82) is 0 Å². The number of hydrogen-bond acceptors (Lipinski definition) is 2. The fraction of sp³-hybridized carbons (Fsp3) is 0.923. The second-order valence-electron chi connectivity index (χ2n) is 5.23. The molecule has 0 aromatic rings. The molecule has 0 radical (unpaired) electrons. The highest BCUT2D eigenvalue weighted by Gasteiger charge is 2.44. The molecule has 0 fully saturated rings. The number of carboxylic acid groups (broad SMARTS) is 1. The molecule has 0 saturated carbocycles. The first-order valence-corrected chi connectivity index (χ1v) is 6.75. The van der Waals surface area contributed by atoms with Crippen LogP contribution in [0.1, 0.15) is 46.0 Å². The number of nitrogens with one attached hydrogen (secondary N) is 1. The number of hydrogen-bond donors (Lipinski definition) is 2. The Morgan fingerprint density at radius 3 is 2.21 bits per heavy atom. The Bertz CT molecular complexity index is 255. The first kappa shape index (κ1) is 18.2. The maximum Gasteiger partial charge on any atom is 0.403 e. The number of alkyl halides is 3. The van der Waals surface area contributed by atoms with Gasteiger partial charge in [-0.3, -0.25) is 4.79 Å². The summed E-state index contributed by atoms with van der Waals surface area (Å²) in [5.74, 6) is -3.45. The van der Waals surface area contributed by atoms with Crippen LogP contribution in [0.25, 0.3) is 0 Å². The van der Waals surface area contributed by atoms with E-state index in [0.29, 0.717) is 12.5 Å². The van der Waals surface area contributed by atoms with Gasteiger partial charge < -0.3 is 10.4 Å². The molecule has 0 aromatic carbocycles. The van der Waals surface area contributed by atoms with Crippen LogP contribution in [0.5, 0.6) is 0 Å². The minimum absolute atomic E-state index is 0.432. The summed E-state index contributed by atoms with van der Waals surface area (Å²) in [6.07, 6.45) is 0.434. The third-order valence-corrected chi connectivity index (χ3v) is 2.93. The van der Waals surface area contributed by atoms with Gasteiger partial charge in [0.25, 0.3) is 0 Å². The van der Waals surface area contributed by atoms with E-state index in [-0.39, 0.29) is 0 Å². The number of carbonyl (C=O) groups is 1. The molecule has 0 rings (SSSR count). The zero-order valence-electron chi connectivity index (χ0n) is 11.6. The lowest BCUT2D eigenvalue weighted by Gasteiger charge is -2.16. The van der Waals surface area contributed by atoms with Crippen LogP contribution >= 0.6 is 0 Å². The smallest absolute Gasteiger partial charge is 0.403 e. The molecule has 2 N–H and O–H groups in total. The first-order valence-electron chi connectivity index (χ1n) is 6.75. The van der Waals surface area contributed by atoms with E-state index < -0.39 is 24.6 Å². The van der Waals surface area contributed by atoms with Crippen molar-refractivity contribution in [2.75, 3.05) is 13.1 Å². The normalized spacial score (nSPS) is 13.8. The number of aliphatic carboxylic acids is 1. The van der Waals surface area contributed by atoms with Crippen LogP contribution in [-0.4, -0.2) is 30.3 Å². The van der Waals surface area contributed by atoms with E-state index in [2.05, 4.69) is 19.2 Å². The summed E-state index contributed by atoms with van der Waals surface area (Å²) in [5.41, 5.74) is 0. The summed E-state index contributed by atoms with van der Waals surface area (Å²) < 4.78 is 36.9. The summed E-state index contributed by atoms with van der Waals surface area (Å²) >= 11 is 0. The molecule has 0 aliphatic rings. The van der Waals surface area contributed by atoms with Crippen LogP contribution in [0.15, 0.2) is 0 Å². The van der Waals surface area contributed by atoms with Gasteiger partial charge in [0.1, 0.15) is 0 Å². The monoisotopic (exact) mass is 283 g/mol. The third kappa shape index (κ3) is 9.76. The molecular formula is C13H24F3NO2. The molecule has 0 saturated heterocycles. The van der Waals surface area contributed by atoms with Crippen LogP contribution < -0.4 is 5.32 Å². The van der Waals surface area contributed by atoms with Crippen LogP contribution in [0, 0.1) is 11.8 Å².